The van der Waals surface area contributed by atoms with E-state index in [0.717, 1.165) is 5.56 Å². The minimum absolute atomic E-state index is 0.0203. The Labute approximate surface area is 365 Å². The van der Waals surface area contributed by atoms with Crippen LogP contribution in [0.4, 0.5) is 14.4 Å². The number of nitrogens with two attached hydrogens (primary N) is 1. The van der Waals surface area contributed by atoms with Crippen LogP contribution in [0.25, 0.3) is 11.3 Å². The van der Waals surface area contributed by atoms with Crippen LogP contribution in [-0.4, -0.2) is 148 Å². The lowest BCUT2D eigenvalue weighted by Gasteiger charge is -2.46. The number of ether oxygens (including phenoxy) is 5. The zero-order valence-corrected chi connectivity index (χ0v) is 38.8. The fraction of sp³-hybridized carbons (Fsp3) is 0.744. The Morgan fingerprint density at radius 3 is 2.44 bits per heavy atom. The van der Waals surface area contributed by atoms with Crippen molar-refractivity contribution >= 4 is 35.7 Å². The van der Waals surface area contributed by atoms with Crippen LogP contribution in [0.2, 0.25) is 0 Å². The van der Waals surface area contributed by atoms with E-state index in [0.29, 0.717) is 56.7 Å². The summed E-state index contributed by atoms with van der Waals surface area (Å²) in [7, 11) is 5.38. The Morgan fingerprint density at radius 1 is 1.13 bits per heavy atom. The molecule has 0 bridgehead atoms. The van der Waals surface area contributed by atoms with E-state index in [-0.39, 0.29) is 36.3 Å². The second-order valence-corrected chi connectivity index (χ2v) is 17.9. The lowest BCUT2D eigenvalue weighted by molar-refractivity contribution is -0.295. The summed E-state index contributed by atoms with van der Waals surface area (Å²) in [6, 6.07) is 6.36. The number of rotatable bonds is 10. The molecule has 3 aliphatic rings. The van der Waals surface area contributed by atoms with Gasteiger partial charge in [0.1, 0.15) is 23.8 Å². The molecule has 13 atom stereocenters. The molecule has 0 saturated carbocycles. The second kappa shape index (κ2) is 21.8. The summed E-state index contributed by atoms with van der Waals surface area (Å²) < 4.78 is 43.4. The van der Waals surface area contributed by atoms with Crippen LogP contribution in [0.15, 0.2) is 30.5 Å². The fourth-order valence-electron chi connectivity index (χ4n) is 9.30. The predicted octanol–water partition coefficient (Wildman–Crippen LogP) is 5.13. The normalized spacial score (nSPS) is 35.4. The number of aryl methyl sites for hydroxylation is 1. The van der Waals surface area contributed by atoms with Gasteiger partial charge in [-0.3, -0.25) is 19.2 Å². The zero-order valence-electron chi connectivity index (χ0n) is 38.0. The van der Waals surface area contributed by atoms with E-state index in [1.165, 1.54) is 13.2 Å². The van der Waals surface area contributed by atoms with E-state index < -0.39 is 71.5 Å². The standard InChI is InChI=1S/C42H67N7O9.CH3FS/c1-12-33-42(8)36(49(40(53)58-42)18-14-17-48-23-31(45-46-48)29-15-13-16-30(43)20-29)28(6)44-22-24(2)21-41(7,54-11)37(26(4)34(50)27(5)38(52)56-33)57-39-35(51)32(47(9)10)19-25(3)55-39;1-3-2/h13,15-16,20,23-28,32-33,35-37,39,44,51H,12,14,17-19,21-22,43H2,1-11H3;1H3/t24-,25-,26+,27-,28-,32?,33-,35?,36-,37-,39+,41-,42-;/m1./s1. The molecule has 4 N–H and O–H groups in total. The van der Waals surface area contributed by atoms with Gasteiger partial charge < -0.3 is 44.7 Å². The molecule has 0 radical (unpaired) electrons. The van der Waals surface area contributed by atoms with E-state index in [9.17, 15) is 23.4 Å². The van der Waals surface area contributed by atoms with Gasteiger partial charge in [0.2, 0.25) is 0 Å². The molecule has 18 heteroatoms. The third-order valence-electron chi connectivity index (χ3n) is 12.6. The number of carbonyl (C=O) groups excluding carboxylic acids is 3. The molecule has 5 rings (SSSR count). The molecule has 344 valence electrons. The minimum atomic E-state index is -1.25. The summed E-state index contributed by atoms with van der Waals surface area (Å²) in [6.07, 6.45) is 0.651. The van der Waals surface area contributed by atoms with E-state index in [2.05, 4.69) is 22.6 Å². The number of methoxy groups -OCH3 is 1. The zero-order chi connectivity index (χ0) is 45.4. The molecule has 3 aliphatic heterocycles. The summed E-state index contributed by atoms with van der Waals surface area (Å²) in [5.41, 5.74) is 5.86. The van der Waals surface area contributed by atoms with Crippen LogP contribution in [0, 0.1) is 17.8 Å². The first kappa shape index (κ1) is 50.3. The number of hydrogen-bond donors (Lipinski definition) is 3. The van der Waals surface area contributed by atoms with E-state index in [4.69, 9.17) is 29.4 Å². The number of esters is 1. The predicted molar refractivity (Wildman–Crippen MR) is 232 cm³/mol. The SMILES string of the molecule is CC[C@H]1OC(=O)[C@H](C)C(=O)[C@H](C)[C@@H](O[C@@H]2O[C@H](C)CC(N(C)C)C2O)[C@](C)(OC)C[C@@H](C)CN[C@H](C)[C@H]2N(CCCn3cc(-c4cccc(N)c4)nn3)C(=O)O[C@]12C.CSF. The number of aromatic nitrogens is 3. The number of hydrogen-bond acceptors (Lipinski definition) is 15. The number of ketones is 1. The third-order valence-corrected chi connectivity index (χ3v) is 12.6. The maximum atomic E-state index is 14.4. The number of fused-ring (bicyclic) bond motifs is 1. The van der Waals surface area contributed by atoms with Crippen molar-refractivity contribution < 1.29 is 47.1 Å². The van der Waals surface area contributed by atoms with Crippen LogP contribution < -0.4 is 11.1 Å². The number of anilines is 1. The van der Waals surface area contributed by atoms with Crippen LogP contribution in [0.3, 0.4) is 0 Å². The number of nitrogens with one attached hydrogen (secondary N) is 1. The van der Waals surface area contributed by atoms with E-state index in [1.807, 2.05) is 84.1 Å². The van der Waals surface area contributed by atoms with Crippen LogP contribution in [-0.2, 0) is 39.8 Å². The number of carbonyl (C=O) groups is 3. The number of likely N-dealkylation sites (N-methyl/N-ethyl adjacent to an activating group) is 1. The largest absolute Gasteiger partial charge is 0.458 e. The molecule has 4 heterocycles. The Bertz CT molecular complexity index is 1760. The average Bonchev–Trinajstić information content (AvgIpc) is 3.79. The summed E-state index contributed by atoms with van der Waals surface area (Å²) >= 11 is 0.250. The van der Waals surface area contributed by atoms with E-state index in [1.54, 1.807) is 23.6 Å². The number of nitrogen functional groups attached to an aromatic ring is 1. The van der Waals surface area contributed by atoms with Crippen molar-refractivity contribution in [3.05, 3.63) is 30.5 Å². The molecule has 3 saturated heterocycles. The third kappa shape index (κ3) is 11.8. The van der Waals surface area contributed by atoms with Crippen LogP contribution in [0.1, 0.15) is 81.1 Å². The number of halogens is 1. The highest BCUT2D eigenvalue weighted by Crippen LogP contribution is 2.40. The number of Topliss-reactive ketones (excluding diaryl/α,β-unsaturated/α-hetero) is 1. The van der Waals surface area contributed by atoms with Gasteiger partial charge in [0.15, 0.2) is 17.7 Å². The molecule has 2 unspecified atom stereocenters. The molecular formula is C43H70FN7O9S. The van der Waals surface area contributed by atoms with Gasteiger partial charge in [-0.2, -0.15) is 3.89 Å². The summed E-state index contributed by atoms with van der Waals surface area (Å²) in [5.74, 6) is -3.19. The van der Waals surface area contributed by atoms with Crippen molar-refractivity contribution in [2.45, 2.75) is 148 Å². The van der Waals surface area contributed by atoms with Crippen molar-refractivity contribution in [1.29, 1.82) is 0 Å². The number of nitrogens with zero attached hydrogens (tertiary/aromatic N) is 5. The molecule has 2 aromatic rings. The monoisotopic (exact) mass is 879 g/mol. The van der Waals surface area contributed by atoms with Gasteiger partial charge in [0.05, 0.1) is 30.0 Å². The van der Waals surface area contributed by atoms with Gasteiger partial charge >= 0.3 is 12.1 Å². The Morgan fingerprint density at radius 2 is 1.82 bits per heavy atom. The van der Waals surface area contributed by atoms with Crippen molar-refractivity contribution in [2.75, 3.05) is 46.3 Å². The molecule has 61 heavy (non-hydrogen) atoms. The molecule has 1 amide bonds. The van der Waals surface area contributed by atoms with Gasteiger partial charge in [0.25, 0.3) is 0 Å². The Kier molecular flexibility index (Phi) is 18.0. The highest BCUT2D eigenvalue weighted by Gasteiger charge is 2.58. The summed E-state index contributed by atoms with van der Waals surface area (Å²) in [5, 5.41) is 23.7. The molecule has 16 nitrogen and oxygen atoms in total. The van der Waals surface area contributed by atoms with Crippen LogP contribution in [0.5, 0.6) is 0 Å². The van der Waals surface area contributed by atoms with Gasteiger partial charge in [-0.05, 0) is 99.0 Å². The fourth-order valence-corrected chi connectivity index (χ4v) is 9.30. The lowest BCUT2D eigenvalue weighted by atomic mass is 9.78. The first-order valence-corrected chi connectivity index (χ1v) is 22.5. The lowest BCUT2D eigenvalue weighted by Crippen LogP contribution is -2.61. The Balaban J connectivity index is 0.00000265. The van der Waals surface area contributed by atoms with Gasteiger partial charge in [-0.15, -0.1) is 5.10 Å². The maximum absolute atomic E-state index is 14.4. The topological polar surface area (TPSA) is 193 Å². The number of amides is 1. The van der Waals surface area contributed by atoms with Crippen molar-refractivity contribution in [3.63, 3.8) is 0 Å². The minimum Gasteiger partial charge on any atom is -0.458 e. The molecule has 1 aromatic carbocycles. The maximum Gasteiger partial charge on any atom is 0.410 e. The molecular weight excluding hydrogens is 810 g/mol. The summed E-state index contributed by atoms with van der Waals surface area (Å²) in [6.45, 7) is 16.2. The number of benzene rings is 1. The molecule has 3 fully saturated rings. The molecule has 0 spiro atoms. The quantitative estimate of drug-likeness (QED) is 0.162. The Hall–Kier alpha value is -3.39. The van der Waals surface area contributed by atoms with Crippen LogP contribution >= 0.6 is 12.1 Å². The van der Waals surface area contributed by atoms with Crippen molar-refractivity contribution in [2.24, 2.45) is 17.8 Å². The first-order valence-electron chi connectivity index (χ1n) is 21.3. The second-order valence-electron chi connectivity index (χ2n) is 17.6. The van der Waals surface area contributed by atoms with Crippen molar-refractivity contribution in [1.82, 2.24) is 30.1 Å². The van der Waals surface area contributed by atoms with Gasteiger partial charge in [-0.1, -0.05) is 38.1 Å². The average molecular weight is 880 g/mol. The van der Waals surface area contributed by atoms with Gasteiger partial charge in [-0.25, -0.2) is 4.79 Å². The first-order chi connectivity index (χ1) is 28.7. The molecule has 0 aliphatic carbocycles. The highest BCUT2D eigenvalue weighted by atomic mass is 32.2. The van der Waals surface area contributed by atoms with Crippen molar-refractivity contribution in [3.8, 4) is 11.3 Å². The highest BCUT2D eigenvalue weighted by molar-refractivity contribution is 7.93. The number of cyclic esters (lactones) is 1. The molecule has 1 aromatic heterocycles. The smallest absolute Gasteiger partial charge is 0.410 e. The van der Waals surface area contributed by atoms with Gasteiger partial charge in [0, 0.05) is 67.9 Å². The number of aliphatic hydroxyl groups excluding tert-OH is 1. The number of aliphatic hydroxyl groups is 1. The van der Waals surface area contributed by atoms with E-state index >= 15 is 0 Å². The summed E-state index contributed by atoms with van der Waals surface area (Å²) in [4.78, 5) is 45.9.